The van der Waals surface area contributed by atoms with Crippen molar-refractivity contribution in [3.63, 3.8) is 0 Å². The van der Waals surface area contributed by atoms with E-state index in [1.54, 1.807) is 41.9 Å². The van der Waals surface area contributed by atoms with E-state index < -0.39 is 0 Å². The number of rotatable bonds is 2. The van der Waals surface area contributed by atoms with E-state index in [-0.39, 0.29) is 17.9 Å². The molecule has 0 spiro atoms. The molecule has 2 amide bonds. The molecular formula is C14H17N3O3S. The number of carbonyl (C=O) groups excluding carboxylic acids is 2. The number of ether oxygens (including phenoxy) is 1. The quantitative estimate of drug-likeness (QED) is 0.854. The molecule has 1 aromatic rings. The fraction of sp³-hybridized carbons (Fsp3) is 0.429. The molecule has 2 N–H and O–H groups in total. The highest BCUT2D eigenvalue weighted by atomic mass is 32.2. The summed E-state index contributed by atoms with van der Waals surface area (Å²) >= 11 is 1.70. The molecule has 21 heavy (non-hydrogen) atoms. The summed E-state index contributed by atoms with van der Waals surface area (Å²) in [4.78, 5) is 25.5. The molecule has 0 aliphatic carbocycles. The molecule has 1 atom stereocenters. The summed E-state index contributed by atoms with van der Waals surface area (Å²) in [6.45, 7) is 0.380. The Bertz CT molecular complexity index is 573. The van der Waals surface area contributed by atoms with Crippen LogP contribution in [-0.4, -0.2) is 43.1 Å². The Balaban J connectivity index is 1.80. The van der Waals surface area contributed by atoms with Gasteiger partial charge in [-0.2, -0.15) is 0 Å². The lowest BCUT2D eigenvalue weighted by Crippen LogP contribution is -2.37. The first-order chi connectivity index (χ1) is 10.1. The van der Waals surface area contributed by atoms with Gasteiger partial charge in [-0.1, -0.05) is 0 Å². The van der Waals surface area contributed by atoms with Crippen LogP contribution in [-0.2, 0) is 9.59 Å². The molecule has 0 saturated carbocycles. The second kappa shape index (κ2) is 5.95. The third kappa shape index (κ3) is 2.98. The van der Waals surface area contributed by atoms with Crippen molar-refractivity contribution < 1.29 is 14.3 Å². The Morgan fingerprint density at radius 1 is 1.52 bits per heavy atom. The first kappa shape index (κ1) is 14.2. The summed E-state index contributed by atoms with van der Waals surface area (Å²) in [5, 5.41) is 6.01. The summed E-state index contributed by atoms with van der Waals surface area (Å²) < 4.78 is 5.56. The third-order valence-corrected chi connectivity index (χ3v) is 4.51. The van der Waals surface area contributed by atoms with Gasteiger partial charge in [-0.15, -0.1) is 11.8 Å². The van der Waals surface area contributed by atoms with Gasteiger partial charge in [0.1, 0.15) is 5.75 Å². The normalized spacial score (nSPS) is 21.5. The van der Waals surface area contributed by atoms with Crippen LogP contribution in [0.15, 0.2) is 18.2 Å². The van der Waals surface area contributed by atoms with Gasteiger partial charge in [0.15, 0.2) is 0 Å². The summed E-state index contributed by atoms with van der Waals surface area (Å²) in [5.74, 6) is 2.19. The molecule has 1 saturated heterocycles. The minimum atomic E-state index is -0.163. The van der Waals surface area contributed by atoms with E-state index in [1.165, 1.54) is 0 Å². The van der Waals surface area contributed by atoms with Gasteiger partial charge in [0.25, 0.3) is 0 Å². The smallest absolute Gasteiger partial charge is 0.242 e. The fourth-order valence-electron chi connectivity index (χ4n) is 2.32. The first-order valence-corrected chi connectivity index (χ1v) is 7.96. The van der Waals surface area contributed by atoms with Crippen LogP contribution in [0.4, 0.5) is 11.4 Å². The zero-order valence-corrected chi connectivity index (χ0v) is 12.5. The Morgan fingerprint density at radius 2 is 2.38 bits per heavy atom. The minimum Gasteiger partial charge on any atom is -0.491 e. The van der Waals surface area contributed by atoms with Crippen LogP contribution in [0.1, 0.15) is 6.42 Å². The number of fused-ring (bicyclic) bond motifs is 1. The Morgan fingerprint density at radius 3 is 3.14 bits per heavy atom. The zero-order chi connectivity index (χ0) is 14.8. The predicted octanol–water partition coefficient (Wildman–Crippen LogP) is 1.03. The second-order valence-electron chi connectivity index (χ2n) is 4.99. The number of hydrogen-bond donors (Lipinski definition) is 2. The highest BCUT2D eigenvalue weighted by Crippen LogP contribution is 2.33. The Labute approximate surface area is 127 Å². The van der Waals surface area contributed by atoms with E-state index in [9.17, 15) is 9.59 Å². The van der Waals surface area contributed by atoms with Crippen molar-refractivity contribution in [1.82, 2.24) is 5.32 Å². The molecule has 2 aliphatic heterocycles. The van der Waals surface area contributed by atoms with Gasteiger partial charge in [0.2, 0.25) is 11.8 Å². The number of amides is 2. The molecule has 0 radical (unpaired) electrons. The van der Waals surface area contributed by atoms with Gasteiger partial charge in [0, 0.05) is 24.4 Å². The SMILES string of the molecule is CN1C(=O)CCOc2ccc(NC(=O)C3CSCN3)cc21. The fourth-order valence-corrected chi connectivity index (χ4v) is 3.26. The molecule has 2 heterocycles. The molecule has 0 aromatic heterocycles. The molecule has 1 aromatic carbocycles. The van der Waals surface area contributed by atoms with Crippen molar-refractivity contribution in [3.05, 3.63) is 18.2 Å². The van der Waals surface area contributed by atoms with Crippen LogP contribution in [0.2, 0.25) is 0 Å². The van der Waals surface area contributed by atoms with Gasteiger partial charge < -0.3 is 15.0 Å². The van der Waals surface area contributed by atoms with E-state index in [0.717, 1.165) is 11.6 Å². The molecule has 1 fully saturated rings. The van der Waals surface area contributed by atoms with Gasteiger partial charge >= 0.3 is 0 Å². The van der Waals surface area contributed by atoms with Gasteiger partial charge in [-0.25, -0.2) is 0 Å². The maximum absolute atomic E-state index is 12.1. The van der Waals surface area contributed by atoms with Crippen LogP contribution >= 0.6 is 11.8 Å². The molecule has 1 unspecified atom stereocenters. The number of nitrogens with zero attached hydrogens (tertiary/aromatic N) is 1. The number of hydrogen-bond acceptors (Lipinski definition) is 5. The van der Waals surface area contributed by atoms with E-state index in [1.807, 2.05) is 0 Å². The van der Waals surface area contributed by atoms with Gasteiger partial charge in [-0.05, 0) is 18.2 Å². The Hall–Kier alpha value is -1.73. The maximum Gasteiger partial charge on any atom is 0.242 e. The number of benzene rings is 1. The number of nitrogens with one attached hydrogen (secondary N) is 2. The van der Waals surface area contributed by atoms with Gasteiger partial charge in [0.05, 0.1) is 24.8 Å². The van der Waals surface area contributed by atoms with Crippen LogP contribution in [0.25, 0.3) is 0 Å². The summed E-state index contributed by atoms with van der Waals surface area (Å²) in [5.41, 5.74) is 1.35. The van der Waals surface area contributed by atoms with Crippen LogP contribution in [0.3, 0.4) is 0 Å². The second-order valence-corrected chi connectivity index (χ2v) is 6.03. The highest BCUT2D eigenvalue weighted by Gasteiger charge is 2.24. The maximum atomic E-state index is 12.1. The number of anilines is 2. The lowest BCUT2D eigenvalue weighted by molar-refractivity contribution is -0.118. The zero-order valence-electron chi connectivity index (χ0n) is 11.7. The summed E-state index contributed by atoms with van der Waals surface area (Å²) in [6.07, 6.45) is 0.357. The summed E-state index contributed by atoms with van der Waals surface area (Å²) in [7, 11) is 1.72. The molecule has 6 nitrogen and oxygen atoms in total. The van der Waals surface area contributed by atoms with Crippen molar-refractivity contribution in [2.24, 2.45) is 0 Å². The summed E-state index contributed by atoms with van der Waals surface area (Å²) in [6, 6.07) is 5.20. The Kier molecular flexibility index (Phi) is 4.03. The molecule has 0 bridgehead atoms. The van der Waals surface area contributed by atoms with Crippen LogP contribution in [0.5, 0.6) is 5.75 Å². The highest BCUT2D eigenvalue weighted by molar-refractivity contribution is 7.99. The van der Waals surface area contributed by atoms with Crippen molar-refractivity contribution in [2.45, 2.75) is 12.5 Å². The molecule has 3 rings (SSSR count). The van der Waals surface area contributed by atoms with E-state index in [4.69, 9.17) is 4.74 Å². The predicted molar refractivity (Wildman–Crippen MR) is 82.8 cm³/mol. The van der Waals surface area contributed by atoms with Crippen LogP contribution < -0.4 is 20.3 Å². The third-order valence-electron chi connectivity index (χ3n) is 3.57. The van der Waals surface area contributed by atoms with Crippen molar-refractivity contribution >= 4 is 35.0 Å². The largest absolute Gasteiger partial charge is 0.491 e. The molecule has 2 aliphatic rings. The molecule has 7 heteroatoms. The molecule has 112 valence electrons. The number of carbonyl (C=O) groups is 2. The van der Waals surface area contributed by atoms with Crippen molar-refractivity contribution in [3.8, 4) is 5.75 Å². The first-order valence-electron chi connectivity index (χ1n) is 6.80. The van der Waals surface area contributed by atoms with E-state index >= 15 is 0 Å². The lowest BCUT2D eigenvalue weighted by atomic mass is 10.2. The van der Waals surface area contributed by atoms with Gasteiger partial charge in [-0.3, -0.25) is 14.9 Å². The average molecular weight is 307 g/mol. The number of thioether (sulfide) groups is 1. The van der Waals surface area contributed by atoms with Crippen molar-refractivity contribution in [1.29, 1.82) is 0 Å². The lowest BCUT2D eigenvalue weighted by Gasteiger charge is -2.18. The standard InChI is InChI=1S/C14H17N3O3S/c1-17-11-6-9(16-14(19)10-7-21-8-15-10)2-3-12(11)20-5-4-13(17)18/h2-3,6,10,15H,4-5,7-8H2,1H3,(H,16,19). The average Bonchev–Trinajstić information content (AvgIpc) is 2.97. The van der Waals surface area contributed by atoms with E-state index in [2.05, 4.69) is 10.6 Å². The van der Waals surface area contributed by atoms with Crippen LogP contribution in [0, 0.1) is 0 Å². The topological polar surface area (TPSA) is 70.7 Å². The monoisotopic (exact) mass is 307 g/mol. The van der Waals surface area contributed by atoms with Crippen molar-refractivity contribution in [2.75, 3.05) is 35.5 Å². The van der Waals surface area contributed by atoms with E-state index in [0.29, 0.717) is 30.2 Å². The molecular weight excluding hydrogens is 290 g/mol. The minimum absolute atomic E-state index is 0.00564.